The van der Waals surface area contributed by atoms with Gasteiger partial charge in [0.05, 0.1) is 11.4 Å². The summed E-state index contributed by atoms with van der Waals surface area (Å²) >= 11 is 0. The van der Waals surface area contributed by atoms with E-state index in [0.717, 1.165) is 0 Å². The monoisotopic (exact) mass is 278 g/mol. The van der Waals surface area contributed by atoms with Crippen LogP contribution in [0.5, 0.6) is 0 Å². The predicted octanol–water partition coefficient (Wildman–Crippen LogP) is 0.940. The zero-order valence-corrected chi connectivity index (χ0v) is 12.1. The number of hydrogen-bond acceptors (Lipinski definition) is 4. The van der Waals surface area contributed by atoms with Crippen molar-refractivity contribution in [1.29, 1.82) is 0 Å². The first-order valence-corrected chi connectivity index (χ1v) is 6.60. The van der Waals surface area contributed by atoms with Crippen molar-refractivity contribution in [3.8, 4) is 0 Å². The van der Waals surface area contributed by atoms with Crippen LogP contribution >= 0.6 is 0 Å². The highest BCUT2D eigenvalue weighted by molar-refractivity contribution is 5.96. The van der Waals surface area contributed by atoms with E-state index < -0.39 is 11.9 Å². The number of amides is 2. The highest BCUT2D eigenvalue weighted by Gasteiger charge is 2.20. The van der Waals surface area contributed by atoms with Crippen molar-refractivity contribution >= 4 is 23.2 Å². The van der Waals surface area contributed by atoms with Gasteiger partial charge in [-0.25, -0.2) is 0 Å². The van der Waals surface area contributed by atoms with Gasteiger partial charge in [-0.15, -0.1) is 0 Å². The molecule has 0 spiro atoms. The van der Waals surface area contributed by atoms with Crippen LogP contribution in [0.25, 0.3) is 0 Å². The summed E-state index contributed by atoms with van der Waals surface area (Å²) in [7, 11) is 0. The van der Waals surface area contributed by atoms with Gasteiger partial charge in [0.2, 0.25) is 5.91 Å². The Labute approximate surface area is 118 Å². The van der Waals surface area contributed by atoms with Crippen LogP contribution in [0.3, 0.4) is 0 Å². The molecular formula is C14H22N4O2. The van der Waals surface area contributed by atoms with Crippen molar-refractivity contribution in [3.63, 3.8) is 0 Å². The highest BCUT2D eigenvalue weighted by Crippen LogP contribution is 2.22. The number of anilines is 2. The van der Waals surface area contributed by atoms with Crippen molar-refractivity contribution in [2.45, 2.75) is 26.8 Å². The molecular weight excluding hydrogens is 256 g/mol. The first-order valence-electron chi connectivity index (χ1n) is 6.60. The van der Waals surface area contributed by atoms with E-state index >= 15 is 0 Å². The third-order valence-corrected chi connectivity index (χ3v) is 2.94. The summed E-state index contributed by atoms with van der Waals surface area (Å²) in [5, 5.41) is 5.71. The van der Waals surface area contributed by atoms with Gasteiger partial charge in [0.15, 0.2) is 0 Å². The minimum atomic E-state index is -0.540. The fraction of sp³-hybridized carbons (Fsp3) is 0.429. The number of benzene rings is 1. The van der Waals surface area contributed by atoms with Gasteiger partial charge in [0, 0.05) is 12.1 Å². The SMILES string of the molecule is CCNC(=O)c1ccc(N)c(NC(C(N)=O)C(C)C)c1. The van der Waals surface area contributed by atoms with Crippen molar-refractivity contribution in [1.82, 2.24) is 5.32 Å². The first-order chi connectivity index (χ1) is 9.36. The molecule has 0 fully saturated rings. The molecule has 0 saturated heterocycles. The summed E-state index contributed by atoms with van der Waals surface area (Å²) in [5.74, 6) is -0.626. The van der Waals surface area contributed by atoms with E-state index in [0.29, 0.717) is 23.5 Å². The van der Waals surface area contributed by atoms with Gasteiger partial charge in [-0.1, -0.05) is 13.8 Å². The lowest BCUT2D eigenvalue weighted by atomic mass is 10.0. The van der Waals surface area contributed by atoms with E-state index in [2.05, 4.69) is 10.6 Å². The Morgan fingerprint density at radius 2 is 1.95 bits per heavy atom. The summed E-state index contributed by atoms with van der Waals surface area (Å²) < 4.78 is 0. The summed E-state index contributed by atoms with van der Waals surface area (Å²) in [6.45, 7) is 6.15. The lowest BCUT2D eigenvalue weighted by Gasteiger charge is -2.21. The molecule has 6 heteroatoms. The number of nitrogens with two attached hydrogens (primary N) is 2. The number of primary amides is 1. The Morgan fingerprint density at radius 3 is 2.45 bits per heavy atom. The lowest BCUT2D eigenvalue weighted by Crippen LogP contribution is -2.39. The van der Waals surface area contributed by atoms with Crippen LogP contribution in [-0.2, 0) is 4.79 Å². The second-order valence-corrected chi connectivity index (χ2v) is 4.93. The Morgan fingerprint density at radius 1 is 1.30 bits per heavy atom. The molecule has 1 rings (SSSR count). The van der Waals surface area contributed by atoms with Gasteiger partial charge in [-0.05, 0) is 31.0 Å². The Bertz CT molecular complexity index is 500. The third-order valence-electron chi connectivity index (χ3n) is 2.94. The minimum absolute atomic E-state index is 0.0139. The fourth-order valence-corrected chi connectivity index (χ4v) is 1.82. The van der Waals surface area contributed by atoms with Crippen LogP contribution in [0.4, 0.5) is 11.4 Å². The molecule has 0 aromatic heterocycles. The lowest BCUT2D eigenvalue weighted by molar-refractivity contribution is -0.119. The van der Waals surface area contributed by atoms with Crippen molar-refractivity contribution in [2.75, 3.05) is 17.6 Å². The number of rotatable bonds is 6. The second kappa shape index (κ2) is 6.79. The predicted molar refractivity (Wildman–Crippen MR) is 80.3 cm³/mol. The zero-order chi connectivity index (χ0) is 15.3. The molecule has 1 atom stereocenters. The van der Waals surface area contributed by atoms with Crippen LogP contribution in [0.1, 0.15) is 31.1 Å². The summed E-state index contributed by atoms with van der Waals surface area (Å²) in [6.07, 6.45) is 0. The first kappa shape index (κ1) is 15.8. The van der Waals surface area contributed by atoms with E-state index in [4.69, 9.17) is 11.5 Å². The quantitative estimate of drug-likeness (QED) is 0.580. The second-order valence-electron chi connectivity index (χ2n) is 4.93. The number of carbonyl (C=O) groups is 2. The number of nitrogen functional groups attached to an aromatic ring is 1. The van der Waals surface area contributed by atoms with Crippen molar-refractivity contribution < 1.29 is 9.59 Å². The van der Waals surface area contributed by atoms with Crippen LogP contribution in [-0.4, -0.2) is 24.4 Å². The molecule has 1 unspecified atom stereocenters. The van der Waals surface area contributed by atoms with E-state index in [1.807, 2.05) is 20.8 Å². The summed E-state index contributed by atoms with van der Waals surface area (Å²) in [6, 6.07) is 4.35. The molecule has 0 saturated carbocycles. The molecule has 0 aliphatic rings. The van der Waals surface area contributed by atoms with Crippen LogP contribution in [0, 0.1) is 5.92 Å². The largest absolute Gasteiger partial charge is 0.397 e. The smallest absolute Gasteiger partial charge is 0.251 e. The molecule has 2 amide bonds. The van der Waals surface area contributed by atoms with Crippen LogP contribution in [0.2, 0.25) is 0 Å². The molecule has 6 nitrogen and oxygen atoms in total. The normalized spacial score (nSPS) is 12.0. The molecule has 1 aromatic rings. The molecule has 0 aliphatic heterocycles. The highest BCUT2D eigenvalue weighted by atomic mass is 16.2. The van der Waals surface area contributed by atoms with Crippen molar-refractivity contribution in [2.24, 2.45) is 11.7 Å². The minimum Gasteiger partial charge on any atom is -0.397 e. The van der Waals surface area contributed by atoms with Gasteiger partial charge in [-0.2, -0.15) is 0 Å². The van der Waals surface area contributed by atoms with Gasteiger partial charge in [0.25, 0.3) is 5.91 Å². The average molecular weight is 278 g/mol. The maximum Gasteiger partial charge on any atom is 0.251 e. The van der Waals surface area contributed by atoms with Gasteiger partial charge in [-0.3, -0.25) is 9.59 Å². The van der Waals surface area contributed by atoms with Crippen molar-refractivity contribution in [3.05, 3.63) is 23.8 Å². The van der Waals surface area contributed by atoms with E-state index in [1.165, 1.54) is 0 Å². The maximum atomic E-state index is 11.8. The summed E-state index contributed by atoms with van der Waals surface area (Å²) in [4.78, 5) is 23.2. The Hall–Kier alpha value is -2.24. The Balaban J connectivity index is 3.02. The standard InChI is InChI=1S/C14H22N4O2/c1-4-17-14(20)9-5-6-10(15)11(7-9)18-12(8(2)3)13(16)19/h5-8,12,18H,4,15H2,1-3H3,(H2,16,19)(H,17,20). The van der Waals surface area contributed by atoms with Gasteiger partial charge in [0.1, 0.15) is 6.04 Å². The molecule has 110 valence electrons. The molecule has 20 heavy (non-hydrogen) atoms. The third kappa shape index (κ3) is 3.88. The van der Waals surface area contributed by atoms with Crippen LogP contribution < -0.4 is 22.1 Å². The van der Waals surface area contributed by atoms with Gasteiger partial charge < -0.3 is 22.1 Å². The molecule has 0 aliphatic carbocycles. The number of hydrogen-bond donors (Lipinski definition) is 4. The fourth-order valence-electron chi connectivity index (χ4n) is 1.82. The Kier molecular flexibility index (Phi) is 5.37. The molecule has 0 heterocycles. The number of carbonyl (C=O) groups excluding carboxylic acids is 2. The number of nitrogens with one attached hydrogen (secondary N) is 2. The maximum absolute atomic E-state index is 11.8. The topological polar surface area (TPSA) is 110 Å². The molecule has 0 radical (unpaired) electrons. The zero-order valence-electron chi connectivity index (χ0n) is 12.1. The molecule has 6 N–H and O–H groups in total. The van der Waals surface area contributed by atoms with E-state index in [9.17, 15) is 9.59 Å². The molecule has 0 bridgehead atoms. The molecule has 1 aromatic carbocycles. The summed E-state index contributed by atoms with van der Waals surface area (Å²) in [5.41, 5.74) is 12.7. The van der Waals surface area contributed by atoms with Crippen LogP contribution in [0.15, 0.2) is 18.2 Å². The van der Waals surface area contributed by atoms with E-state index in [1.54, 1.807) is 18.2 Å². The van der Waals surface area contributed by atoms with Gasteiger partial charge >= 0.3 is 0 Å². The average Bonchev–Trinajstić information content (AvgIpc) is 2.37. The van der Waals surface area contributed by atoms with E-state index in [-0.39, 0.29) is 11.8 Å².